The van der Waals surface area contributed by atoms with Gasteiger partial charge in [0, 0.05) is 11.6 Å². The van der Waals surface area contributed by atoms with Gasteiger partial charge in [0.15, 0.2) is 11.8 Å². The summed E-state index contributed by atoms with van der Waals surface area (Å²) in [5.41, 5.74) is 5.80. The van der Waals surface area contributed by atoms with E-state index < -0.39 is 11.9 Å². The van der Waals surface area contributed by atoms with Crippen LogP contribution in [-0.4, -0.2) is 22.1 Å². The van der Waals surface area contributed by atoms with Crippen molar-refractivity contribution in [2.24, 2.45) is 12.8 Å². The van der Waals surface area contributed by atoms with E-state index in [2.05, 4.69) is 5.16 Å². The highest BCUT2D eigenvalue weighted by Crippen LogP contribution is 2.16. The van der Waals surface area contributed by atoms with Crippen molar-refractivity contribution >= 4 is 18.0 Å². The van der Waals surface area contributed by atoms with Crippen molar-refractivity contribution in [3.63, 3.8) is 0 Å². The molecule has 0 spiro atoms. The summed E-state index contributed by atoms with van der Waals surface area (Å²) in [5, 5.41) is 13.1. The molecule has 3 N–H and O–H groups in total. The first-order chi connectivity index (χ1) is 10.5. The number of nitrogens with zero attached hydrogens (tertiary/aromatic N) is 2. The second kappa shape index (κ2) is 6.53. The van der Waals surface area contributed by atoms with Crippen LogP contribution in [0, 0.1) is 0 Å². The number of phenolic OH excluding ortho intramolecular Hbond substituents is 1. The Kier molecular flexibility index (Phi) is 4.52. The van der Waals surface area contributed by atoms with Crippen LogP contribution in [0.5, 0.6) is 5.75 Å². The molecular formula is C14H14N3O5+. The quantitative estimate of drug-likeness (QED) is 0.458. The van der Waals surface area contributed by atoms with E-state index in [1.807, 2.05) is 0 Å². The molecule has 2 aromatic rings. The molecule has 0 unspecified atom stereocenters. The number of rotatable bonds is 5. The molecule has 0 radical (unpaired) electrons. The number of carbonyl (C=O) groups excluding carboxylic acids is 2. The Labute approximate surface area is 125 Å². The Morgan fingerprint density at radius 3 is 2.86 bits per heavy atom. The van der Waals surface area contributed by atoms with E-state index in [4.69, 9.17) is 15.1 Å². The summed E-state index contributed by atoms with van der Waals surface area (Å²) < 4.78 is 10.8. The molecule has 0 saturated carbocycles. The number of aryl methyl sites for hydroxylation is 1. The Morgan fingerprint density at radius 2 is 2.18 bits per heavy atom. The maximum absolute atomic E-state index is 11.6. The zero-order valence-electron chi connectivity index (χ0n) is 11.7. The third kappa shape index (κ3) is 3.48. The fraction of sp³-hybridized carbons (Fsp3) is 0.143. The van der Waals surface area contributed by atoms with E-state index >= 15 is 0 Å². The number of ether oxygens (including phenoxy) is 1. The minimum atomic E-state index is -0.737. The summed E-state index contributed by atoms with van der Waals surface area (Å²) in [6.07, 6.45) is 2.56. The van der Waals surface area contributed by atoms with E-state index in [1.54, 1.807) is 18.2 Å². The zero-order valence-corrected chi connectivity index (χ0v) is 11.7. The second-order valence-electron chi connectivity index (χ2n) is 4.33. The summed E-state index contributed by atoms with van der Waals surface area (Å²) in [6, 6.07) is 6.53. The van der Waals surface area contributed by atoms with Gasteiger partial charge in [-0.1, -0.05) is 27.6 Å². The number of aromatic nitrogens is 2. The number of primary amides is 1. The van der Waals surface area contributed by atoms with Crippen molar-refractivity contribution in [3.8, 4) is 5.75 Å². The van der Waals surface area contributed by atoms with Crippen LogP contribution < -0.4 is 10.5 Å². The predicted octanol–water partition coefficient (Wildman–Crippen LogP) is 0.0602. The van der Waals surface area contributed by atoms with Gasteiger partial charge in [0.05, 0.1) is 0 Å². The highest BCUT2D eigenvalue weighted by Gasteiger charge is 2.27. The smallest absolute Gasteiger partial charge is 0.331 e. The fourth-order valence-electron chi connectivity index (χ4n) is 1.74. The van der Waals surface area contributed by atoms with Gasteiger partial charge in [-0.25, -0.2) is 4.79 Å². The molecule has 8 heteroatoms. The van der Waals surface area contributed by atoms with Gasteiger partial charge in [-0.05, 0) is 12.1 Å². The SMILES string of the molecule is C[n+]1onc(COC(=O)/C=C/c2ccccc2O)c1C(N)=O. The molecule has 22 heavy (non-hydrogen) atoms. The lowest BCUT2D eigenvalue weighted by Crippen LogP contribution is -2.36. The molecular weight excluding hydrogens is 290 g/mol. The number of hydrogen-bond donors (Lipinski definition) is 2. The zero-order chi connectivity index (χ0) is 16.1. The van der Waals surface area contributed by atoms with Crippen LogP contribution in [0.15, 0.2) is 35.0 Å². The lowest BCUT2D eigenvalue weighted by atomic mass is 10.2. The highest BCUT2D eigenvalue weighted by atomic mass is 16.6. The van der Waals surface area contributed by atoms with Gasteiger partial charge < -0.3 is 15.6 Å². The van der Waals surface area contributed by atoms with Gasteiger partial charge in [-0.3, -0.25) is 4.79 Å². The van der Waals surface area contributed by atoms with Crippen LogP contribution in [0.2, 0.25) is 0 Å². The average Bonchev–Trinajstić information content (AvgIpc) is 2.85. The van der Waals surface area contributed by atoms with Crippen molar-refractivity contribution in [2.45, 2.75) is 6.61 Å². The number of aromatic hydroxyl groups is 1. The number of esters is 1. The Bertz CT molecular complexity index is 736. The summed E-state index contributed by atoms with van der Waals surface area (Å²) >= 11 is 0. The van der Waals surface area contributed by atoms with Crippen LogP contribution in [-0.2, 0) is 23.2 Å². The molecule has 0 fully saturated rings. The first-order valence-electron chi connectivity index (χ1n) is 6.26. The maximum atomic E-state index is 11.6. The van der Waals surface area contributed by atoms with Crippen LogP contribution in [0.4, 0.5) is 0 Å². The van der Waals surface area contributed by atoms with Gasteiger partial charge in [-0.15, -0.1) is 0 Å². The first kappa shape index (κ1) is 15.2. The Hall–Kier alpha value is -3.16. The van der Waals surface area contributed by atoms with E-state index in [1.165, 1.54) is 19.2 Å². The van der Waals surface area contributed by atoms with Gasteiger partial charge >= 0.3 is 5.97 Å². The summed E-state index contributed by atoms with van der Waals surface area (Å²) in [6.45, 7) is -0.257. The molecule has 1 heterocycles. The molecule has 0 aliphatic rings. The van der Waals surface area contributed by atoms with Crippen molar-refractivity contribution in [2.75, 3.05) is 0 Å². The topological polar surface area (TPSA) is 120 Å². The lowest BCUT2D eigenvalue weighted by Gasteiger charge is -1.98. The Balaban J connectivity index is 1.99. The highest BCUT2D eigenvalue weighted by molar-refractivity contribution is 5.90. The van der Waals surface area contributed by atoms with Crippen LogP contribution in [0.3, 0.4) is 0 Å². The van der Waals surface area contributed by atoms with Crippen molar-refractivity contribution in [3.05, 3.63) is 47.3 Å². The average molecular weight is 304 g/mol. The molecule has 0 bridgehead atoms. The molecule has 8 nitrogen and oxygen atoms in total. The van der Waals surface area contributed by atoms with E-state index in [-0.39, 0.29) is 23.7 Å². The van der Waals surface area contributed by atoms with E-state index in [9.17, 15) is 14.7 Å². The van der Waals surface area contributed by atoms with Gasteiger partial charge in [0.25, 0.3) is 17.3 Å². The van der Waals surface area contributed by atoms with Gasteiger partial charge in [-0.2, -0.15) is 0 Å². The van der Waals surface area contributed by atoms with Crippen molar-refractivity contribution in [1.82, 2.24) is 5.16 Å². The Morgan fingerprint density at radius 1 is 1.45 bits per heavy atom. The molecule has 0 saturated heterocycles. The molecule has 0 aliphatic heterocycles. The standard InChI is InChI=1S/C14H13N3O5/c1-17-13(14(15)20)10(16-22-17)8-21-12(19)7-6-9-4-2-3-5-11(9)18/h2-7H,8H2,1H3,(H2-,15,18,19,20)/p+1. The van der Waals surface area contributed by atoms with Crippen molar-refractivity contribution < 1.29 is 28.8 Å². The normalized spacial score (nSPS) is 10.8. The number of hydrogen-bond acceptors (Lipinski definition) is 6. The predicted molar refractivity (Wildman–Crippen MR) is 73.1 cm³/mol. The van der Waals surface area contributed by atoms with E-state index in [0.29, 0.717) is 5.56 Å². The van der Waals surface area contributed by atoms with Crippen LogP contribution >= 0.6 is 0 Å². The molecule has 1 amide bonds. The molecule has 1 aromatic carbocycles. The molecule has 0 aliphatic carbocycles. The van der Waals surface area contributed by atoms with Gasteiger partial charge in [0.1, 0.15) is 12.8 Å². The minimum absolute atomic E-state index is 0.0254. The van der Waals surface area contributed by atoms with Crippen LogP contribution in [0.1, 0.15) is 21.7 Å². The minimum Gasteiger partial charge on any atom is -0.507 e. The number of para-hydroxylation sites is 1. The third-order valence-corrected chi connectivity index (χ3v) is 2.78. The molecule has 114 valence electrons. The summed E-state index contributed by atoms with van der Waals surface area (Å²) in [7, 11) is 1.45. The van der Waals surface area contributed by atoms with Gasteiger partial charge in [0.2, 0.25) is 0 Å². The molecule has 2 rings (SSSR count). The fourth-order valence-corrected chi connectivity index (χ4v) is 1.74. The number of nitrogens with two attached hydrogens (primary N) is 1. The summed E-state index contributed by atoms with van der Waals surface area (Å²) in [4.78, 5) is 22.8. The molecule has 0 atom stereocenters. The van der Waals surface area contributed by atoms with Crippen LogP contribution in [0.25, 0.3) is 6.08 Å². The van der Waals surface area contributed by atoms with E-state index in [0.717, 1.165) is 10.8 Å². The second-order valence-corrected chi connectivity index (χ2v) is 4.33. The maximum Gasteiger partial charge on any atom is 0.331 e. The first-order valence-corrected chi connectivity index (χ1v) is 6.26. The third-order valence-electron chi connectivity index (χ3n) is 2.78. The number of amides is 1. The van der Waals surface area contributed by atoms with Crippen molar-refractivity contribution in [1.29, 1.82) is 0 Å². The largest absolute Gasteiger partial charge is 0.507 e. The number of benzene rings is 1. The molecule has 1 aromatic heterocycles. The monoisotopic (exact) mass is 304 g/mol. The number of carbonyl (C=O) groups is 2. The summed E-state index contributed by atoms with van der Waals surface area (Å²) in [5.74, 6) is -1.35. The lowest BCUT2D eigenvalue weighted by molar-refractivity contribution is -0.855. The number of phenols is 1.